The number of aromatic nitrogens is 1. The van der Waals surface area contributed by atoms with E-state index >= 15 is 0 Å². The van der Waals surface area contributed by atoms with Crippen LogP contribution in [0.15, 0.2) is 23.6 Å². The van der Waals surface area contributed by atoms with Crippen molar-refractivity contribution < 1.29 is 9.53 Å². The van der Waals surface area contributed by atoms with E-state index in [1.54, 1.807) is 36.6 Å². The van der Waals surface area contributed by atoms with Gasteiger partial charge in [0.05, 0.1) is 30.0 Å². The van der Waals surface area contributed by atoms with E-state index in [0.717, 1.165) is 43.4 Å². The van der Waals surface area contributed by atoms with Gasteiger partial charge in [-0.05, 0) is 25.1 Å². The number of methoxy groups -OCH3 is 1. The van der Waals surface area contributed by atoms with E-state index in [0.29, 0.717) is 23.0 Å². The second-order valence-electron chi connectivity index (χ2n) is 6.30. The average molecular weight is 395 g/mol. The summed E-state index contributed by atoms with van der Waals surface area (Å²) in [4.78, 5) is 21.4. The fourth-order valence-electron chi connectivity index (χ4n) is 2.99. The standard InChI is InChI=1S/C18H23ClN4O2S/c1-13-20-15(12-26-13)10-22-5-7-23(8-6-22)11-18(24)21-16-9-14(19)3-4-17(16)25-2/h3-4,9,12H,5-8,10-11H2,1-2H3,(H,21,24). The van der Waals surface area contributed by atoms with Gasteiger partial charge in [-0.2, -0.15) is 0 Å². The molecule has 8 heteroatoms. The third kappa shape index (κ3) is 5.17. The fourth-order valence-corrected chi connectivity index (χ4v) is 3.76. The number of rotatable bonds is 6. The molecule has 26 heavy (non-hydrogen) atoms. The van der Waals surface area contributed by atoms with Gasteiger partial charge in [-0.1, -0.05) is 11.6 Å². The Hall–Kier alpha value is -1.67. The summed E-state index contributed by atoms with van der Waals surface area (Å²) in [7, 11) is 1.57. The molecule has 0 unspecified atom stereocenters. The molecule has 1 fully saturated rings. The Labute approximate surface area is 162 Å². The highest BCUT2D eigenvalue weighted by molar-refractivity contribution is 7.09. The van der Waals surface area contributed by atoms with E-state index in [2.05, 4.69) is 25.5 Å². The molecule has 0 saturated carbocycles. The molecular formula is C18H23ClN4O2S. The van der Waals surface area contributed by atoms with Gasteiger partial charge in [-0.25, -0.2) is 4.98 Å². The molecule has 140 valence electrons. The molecule has 1 aromatic carbocycles. The number of halogens is 1. The second kappa shape index (κ2) is 8.81. The van der Waals surface area contributed by atoms with E-state index < -0.39 is 0 Å². The number of aryl methyl sites for hydroxylation is 1. The molecule has 1 aliphatic heterocycles. The lowest BCUT2D eigenvalue weighted by Gasteiger charge is -2.33. The first kappa shape index (κ1) is 19.1. The zero-order chi connectivity index (χ0) is 18.5. The number of piperazine rings is 1. The minimum atomic E-state index is -0.0610. The summed E-state index contributed by atoms with van der Waals surface area (Å²) in [5, 5.41) is 6.68. The second-order valence-corrected chi connectivity index (χ2v) is 7.80. The molecule has 3 rings (SSSR count). The Balaban J connectivity index is 1.47. The van der Waals surface area contributed by atoms with E-state index in [1.165, 1.54) is 0 Å². The lowest BCUT2D eigenvalue weighted by atomic mass is 10.2. The molecule has 0 bridgehead atoms. The topological polar surface area (TPSA) is 57.7 Å². The van der Waals surface area contributed by atoms with Crippen molar-refractivity contribution in [3.05, 3.63) is 39.3 Å². The Kier molecular flexibility index (Phi) is 6.48. The third-order valence-electron chi connectivity index (χ3n) is 4.32. The van der Waals surface area contributed by atoms with E-state index in [4.69, 9.17) is 16.3 Å². The Morgan fingerprint density at radius 2 is 2.04 bits per heavy atom. The van der Waals surface area contributed by atoms with Crippen LogP contribution in [0.25, 0.3) is 0 Å². The number of nitrogens with zero attached hydrogens (tertiary/aromatic N) is 3. The predicted molar refractivity (Wildman–Crippen MR) is 105 cm³/mol. The van der Waals surface area contributed by atoms with Crippen molar-refractivity contribution in [1.82, 2.24) is 14.8 Å². The highest BCUT2D eigenvalue weighted by atomic mass is 35.5. The molecular weight excluding hydrogens is 372 g/mol. The van der Waals surface area contributed by atoms with Crippen LogP contribution in [-0.4, -0.2) is 60.5 Å². The molecule has 1 aromatic heterocycles. The number of amides is 1. The van der Waals surface area contributed by atoms with Crippen LogP contribution >= 0.6 is 22.9 Å². The van der Waals surface area contributed by atoms with Gasteiger partial charge >= 0.3 is 0 Å². The van der Waals surface area contributed by atoms with E-state index in [9.17, 15) is 4.79 Å². The Bertz CT molecular complexity index is 759. The maximum atomic E-state index is 12.4. The molecule has 2 aromatic rings. The van der Waals surface area contributed by atoms with E-state index in [1.807, 2.05) is 6.92 Å². The summed E-state index contributed by atoms with van der Waals surface area (Å²) < 4.78 is 5.26. The van der Waals surface area contributed by atoms with Crippen LogP contribution in [0.3, 0.4) is 0 Å². The van der Waals surface area contributed by atoms with Crippen LogP contribution < -0.4 is 10.1 Å². The summed E-state index contributed by atoms with van der Waals surface area (Å²) in [6.45, 7) is 6.87. The molecule has 0 atom stereocenters. The lowest BCUT2D eigenvalue weighted by Crippen LogP contribution is -2.48. The number of hydrogen-bond acceptors (Lipinski definition) is 6. The van der Waals surface area contributed by atoms with Gasteiger partial charge in [0.25, 0.3) is 0 Å². The number of anilines is 1. The normalized spacial score (nSPS) is 15.8. The predicted octanol–water partition coefficient (Wildman–Crippen LogP) is 2.87. The summed E-state index contributed by atoms with van der Waals surface area (Å²) >= 11 is 7.69. The monoisotopic (exact) mass is 394 g/mol. The highest BCUT2D eigenvalue weighted by Crippen LogP contribution is 2.27. The number of benzene rings is 1. The molecule has 1 amide bonds. The maximum Gasteiger partial charge on any atom is 0.238 e. The first-order valence-electron chi connectivity index (χ1n) is 8.52. The van der Waals surface area contributed by atoms with Gasteiger partial charge in [0.15, 0.2) is 0 Å². The molecule has 0 aliphatic carbocycles. The maximum absolute atomic E-state index is 12.4. The molecule has 1 aliphatic rings. The zero-order valence-electron chi connectivity index (χ0n) is 15.0. The number of thiazole rings is 1. The van der Waals surface area contributed by atoms with Crippen LogP contribution in [0.5, 0.6) is 5.75 Å². The smallest absolute Gasteiger partial charge is 0.238 e. The highest BCUT2D eigenvalue weighted by Gasteiger charge is 2.20. The molecule has 1 saturated heterocycles. The van der Waals surface area contributed by atoms with Crippen LogP contribution in [-0.2, 0) is 11.3 Å². The number of carbonyl (C=O) groups excluding carboxylic acids is 1. The zero-order valence-corrected chi connectivity index (χ0v) is 16.6. The van der Waals surface area contributed by atoms with Crippen LogP contribution in [0.1, 0.15) is 10.7 Å². The van der Waals surface area contributed by atoms with Gasteiger partial charge in [-0.15, -0.1) is 11.3 Å². The number of nitrogens with one attached hydrogen (secondary N) is 1. The van der Waals surface area contributed by atoms with Crippen molar-refractivity contribution in [2.75, 3.05) is 45.2 Å². The first-order chi connectivity index (χ1) is 12.5. The van der Waals surface area contributed by atoms with Gasteiger partial charge in [-0.3, -0.25) is 14.6 Å². The molecule has 0 radical (unpaired) electrons. The largest absolute Gasteiger partial charge is 0.495 e. The summed E-state index contributed by atoms with van der Waals surface area (Å²) in [6, 6.07) is 5.18. The van der Waals surface area contributed by atoms with Crippen molar-refractivity contribution in [1.29, 1.82) is 0 Å². The summed E-state index contributed by atoms with van der Waals surface area (Å²) in [6.07, 6.45) is 0. The van der Waals surface area contributed by atoms with Crippen molar-refractivity contribution in [3.63, 3.8) is 0 Å². The van der Waals surface area contributed by atoms with Crippen molar-refractivity contribution in [2.24, 2.45) is 0 Å². The Morgan fingerprint density at radius 1 is 1.31 bits per heavy atom. The van der Waals surface area contributed by atoms with Crippen molar-refractivity contribution in [2.45, 2.75) is 13.5 Å². The SMILES string of the molecule is COc1ccc(Cl)cc1NC(=O)CN1CCN(Cc2csc(C)n2)CC1. The van der Waals surface area contributed by atoms with Gasteiger partial charge in [0, 0.05) is 43.1 Å². The third-order valence-corrected chi connectivity index (χ3v) is 5.38. The number of hydrogen-bond donors (Lipinski definition) is 1. The molecule has 6 nitrogen and oxygen atoms in total. The molecule has 1 N–H and O–H groups in total. The quantitative estimate of drug-likeness (QED) is 0.816. The number of ether oxygens (including phenoxy) is 1. The lowest BCUT2D eigenvalue weighted by molar-refractivity contribution is -0.117. The summed E-state index contributed by atoms with van der Waals surface area (Å²) in [5.41, 5.74) is 1.73. The van der Waals surface area contributed by atoms with Gasteiger partial charge in [0.1, 0.15) is 5.75 Å². The molecule has 0 spiro atoms. The van der Waals surface area contributed by atoms with Crippen molar-refractivity contribution in [3.8, 4) is 5.75 Å². The summed E-state index contributed by atoms with van der Waals surface area (Å²) in [5.74, 6) is 0.542. The van der Waals surface area contributed by atoms with Crippen LogP contribution in [0, 0.1) is 6.92 Å². The fraction of sp³-hybridized carbons (Fsp3) is 0.444. The van der Waals surface area contributed by atoms with Gasteiger partial charge < -0.3 is 10.1 Å². The van der Waals surface area contributed by atoms with Crippen LogP contribution in [0.4, 0.5) is 5.69 Å². The number of carbonyl (C=O) groups is 1. The van der Waals surface area contributed by atoms with Gasteiger partial charge in [0.2, 0.25) is 5.91 Å². The van der Waals surface area contributed by atoms with Crippen molar-refractivity contribution >= 4 is 34.5 Å². The van der Waals surface area contributed by atoms with Crippen LogP contribution in [0.2, 0.25) is 5.02 Å². The van der Waals surface area contributed by atoms with E-state index in [-0.39, 0.29) is 5.91 Å². The minimum Gasteiger partial charge on any atom is -0.495 e. The molecule has 2 heterocycles. The minimum absolute atomic E-state index is 0.0610. The first-order valence-corrected chi connectivity index (χ1v) is 9.78. The Morgan fingerprint density at radius 3 is 2.69 bits per heavy atom. The average Bonchev–Trinajstić information content (AvgIpc) is 3.02.